The lowest BCUT2D eigenvalue weighted by atomic mass is 10.0. The Morgan fingerprint density at radius 2 is 1.96 bits per heavy atom. The smallest absolute Gasteiger partial charge is 0.356 e. The molecule has 144 valence electrons. The molecule has 6 heteroatoms. The van der Waals surface area contributed by atoms with Crippen LogP contribution in [0.3, 0.4) is 0 Å². The van der Waals surface area contributed by atoms with Gasteiger partial charge in [0.2, 0.25) is 5.91 Å². The van der Waals surface area contributed by atoms with E-state index in [2.05, 4.69) is 17.1 Å². The van der Waals surface area contributed by atoms with Crippen LogP contribution in [-0.4, -0.2) is 36.5 Å². The standard InChI is InChI=1S/C20H27F3N2O/c1-14-5-2-3-11-25(14)12-4-10-24-19(26)18-13-17(18)15-6-8-16(9-7-15)20(21,22)23/h6-9,14,17-18H,2-5,10-13H2,1H3,(H,24,26). The van der Waals surface area contributed by atoms with Crippen LogP contribution in [0.5, 0.6) is 0 Å². The molecule has 1 saturated heterocycles. The van der Waals surface area contributed by atoms with E-state index < -0.39 is 11.7 Å². The maximum Gasteiger partial charge on any atom is 0.416 e. The summed E-state index contributed by atoms with van der Waals surface area (Å²) in [6.07, 6.45) is 1.16. The maximum absolute atomic E-state index is 12.6. The molecule has 1 aromatic rings. The van der Waals surface area contributed by atoms with E-state index in [4.69, 9.17) is 0 Å². The van der Waals surface area contributed by atoms with Crippen molar-refractivity contribution in [3.63, 3.8) is 0 Å². The van der Waals surface area contributed by atoms with E-state index in [1.165, 1.54) is 31.4 Å². The Hall–Kier alpha value is -1.56. The molecule has 3 nitrogen and oxygen atoms in total. The molecular weight excluding hydrogens is 341 g/mol. The van der Waals surface area contributed by atoms with Gasteiger partial charge in [0.1, 0.15) is 0 Å². The van der Waals surface area contributed by atoms with Gasteiger partial charge in [-0.25, -0.2) is 0 Å². The van der Waals surface area contributed by atoms with Gasteiger partial charge in [0.25, 0.3) is 0 Å². The lowest BCUT2D eigenvalue weighted by Gasteiger charge is -2.33. The van der Waals surface area contributed by atoms with E-state index in [1.54, 1.807) is 0 Å². The molecular formula is C20H27F3N2O. The maximum atomic E-state index is 12.6. The zero-order valence-corrected chi connectivity index (χ0v) is 15.2. The summed E-state index contributed by atoms with van der Waals surface area (Å²) >= 11 is 0. The van der Waals surface area contributed by atoms with Crippen molar-refractivity contribution in [2.75, 3.05) is 19.6 Å². The first kappa shape index (κ1) is 19.2. The summed E-state index contributed by atoms with van der Waals surface area (Å²) in [5.41, 5.74) is 0.176. The van der Waals surface area contributed by atoms with Gasteiger partial charge >= 0.3 is 6.18 Å². The van der Waals surface area contributed by atoms with Gasteiger partial charge in [0.15, 0.2) is 0 Å². The predicted molar refractivity (Wildman–Crippen MR) is 94.8 cm³/mol. The number of likely N-dealkylation sites (tertiary alicyclic amines) is 1. The quantitative estimate of drug-likeness (QED) is 0.764. The number of piperidine rings is 1. The van der Waals surface area contributed by atoms with Gasteiger partial charge in [-0.2, -0.15) is 13.2 Å². The molecule has 2 aliphatic rings. The Kier molecular flexibility index (Phi) is 5.90. The molecule has 1 amide bonds. The fraction of sp³-hybridized carbons (Fsp3) is 0.650. The molecule has 0 bridgehead atoms. The Morgan fingerprint density at radius 1 is 1.23 bits per heavy atom. The molecule has 3 rings (SSSR count). The summed E-state index contributed by atoms with van der Waals surface area (Å²) in [6.45, 7) is 5.08. The third-order valence-corrected chi connectivity index (χ3v) is 5.66. The molecule has 2 fully saturated rings. The van der Waals surface area contributed by atoms with Gasteiger partial charge in [-0.1, -0.05) is 18.6 Å². The molecule has 0 radical (unpaired) electrons. The summed E-state index contributed by atoms with van der Waals surface area (Å²) in [6, 6.07) is 5.83. The largest absolute Gasteiger partial charge is 0.416 e. The fourth-order valence-corrected chi connectivity index (χ4v) is 3.89. The number of nitrogens with one attached hydrogen (secondary N) is 1. The number of alkyl halides is 3. The number of halogens is 3. The van der Waals surface area contributed by atoms with Gasteiger partial charge in [0.05, 0.1) is 5.56 Å². The minimum absolute atomic E-state index is 0.0293. The first-order valence-corrected chi connectivity index (χ1v) is 9.55. The molecule has 1 aromatic carbocycles. The zero-order valence-electron chi connectivity index (χ0n) is 15.2. The average Bonchev–Trinajstić information content (AvgIpc) is 3.40. The number of carbonyl (C=O) groups is 1. The van der Waals surface area contributed by atoms with E-state index in [-0.39, 0.29) is 17.7 Å². The van der Waals surface area contributed by atoms with Gasteiger partial charge in [-0.3, -0.25) is 4.79 Å². The predicted octanol–water partition coefficient (Wildman–Crippen LogP) is 4.19. The first-order chi connectivity index (χ1) is 12.4. The third kappa shape index (κ3) is 4.78. The number of rotatable bonds is 6. The van der Waals surface area contributed by atoms with Crippen molar-refractivity contribution in [2.24, 2.45) is 5.92 Å². The topological polar surface area (TPSA) is 32.3 Å². The fourth-order valence-electron chi connectivity index (χ4n) is 3.89. The molecule has 0 spiro atoms. The van der Waals surface area contributed by atoms with Crippen molar-refractivity contribution >= 4 is 5.91 Å². The summed E-state index contributed by atoms with van der Waals surface area (Å²) in [5.74, 6) is -0.0124. The Labute approximate surface area is 152 Å². The van der Waals surface area contributed by atoms with E-state index in [0.717, 1.165) is 43.6 Å². The molecule has 1 N–H and O–H groups in total. The molecule has 0 aromatic heterocycles. The van der Waals surface area contributed by atoms with E-state index in [1.807, 2.05) is 0 Å². The zero-order chi connectivity index (χ0) is 18.7. The Balaban J connectivity index is 1.39. The van der Waals surface area contributed by atoms with Crippen LogP contribution in [0, 0.1) is 5.92 Å². The van der Waals surface area contributed by atoms with E-state index >= 15 is 0 Å². The van der Waals surface area contributed by atoms with E-state index in [9.17, 15) is 18.0 Å². The Morgan fingerprint density at radius 3 is 2.62 bits per heavy atom. The molecule has 1 aliphatic heterocycles. The van der Waals surface area contributed by atoms with Crippen molar-refractivity contribution in [1.82, 2.24) is 10.2 Å². The highest BCUT2D eigenvalue weighted by atomic mass is 19.4. The molecule has 26 heavy (non-hydrogen) atoms. The van der Waals surface area contributed by atoms with Crippen LogP contribution in [0.1, 0.15) is 56.1 Å². The summed E-state index contributed by atoms with van der Waals surface area (Å²) < 4.78 is 37.8. The van der Waals surface area contributed by atoms with Crippen LogP contribution in [0.4, 0.5) is 13.2 Å². The SMILES string of the molecule is CC1CCCCN1CCCNC(=O)C1CC1c1ccc(C(F)(F)F)cc1. The lowest BCUT2D eigenvalue weighted by Crippen LogP contribution is -2.39. The number of amides is 1. The average molecular weight is 368 g/mol. The van der Waals surface area contributed by atoms with Gasteiger partial charge in [-0.05, 0) is 62.8 Å². The number of benzene rings is 1. The van der Waals surface area contributed by atoms with Crippen LogP contribution in [0.25, 0.3) is 0 Å². The van der Waals surface area contributed by atoms with Crippen molar-refractivity contribution < 1.29 is 18.0 Å². The van der Waals surface area contributed by atoms with Crippen LogP contribution in [0.2, 0.25) is 0 Å². The molecule has 1 heterocycles. The van der Waals surface area contributed by atoms with Crippen molar-refractivity contribution in [3.8, 4) is 0 Å². The first-order valence-electron chi connectivity index (χ1n) is 9.55. The number of hydrogen-bond acceptors (Lipinski definition) is 2. The number of nitrogens with zero attached hydrogens (tertiary/aromatic N) is 1. The Bertz CT molecular complexity index is 614. The van der Waals surface area contributed by atoms with Crippen LogP contribution < -0.4 is 5.32 Å². The second-order valence-electron chi connectivity index (χ2n) is 7.59. The van der Waals surface area contributed by atoms with E-state index in [0.29, 0.717) is 12.6 Å². The monoisotopic (exact) mass is 368 g/mol. The normalized spacial score (nSPS) is 26.5. The summed E-state index contributed by atoms with van der Waals surface area (Å²) in [4.78, 5) is 14.7. The highest BCUT2D eigenvalue weighted by Crippen LogP contribution is 2.47. The minimum atomic E-state index is -4.31. The molecule has 3 atom stereocenters. The van der Waals surface area contributed by atoms with Crippen molar-refractivity contribution in [1.29, 1.82) is 0 Å². The van der Waals surface area contributed by atoms with Gasteiger partial charge in [0, 0.05) is 25.0 Å². The molecule has 3 unspecified atom stereocenters. The van der Waals surface area contributed by atoms with Gasteiger partial charge in [-0.15, -0.1) is 0 Å². The highest BCUT2D eigenvalue weighted by Gasteiger charge is 2.44. The lowest BCUT2D eigenvalue weighted by molar-refractivity contribution is -0.137. The van der Waals surface area contributed by atoms with Crippen LogP contribution in [-0.2, 0) is 11.0 Å². The van der Waals surface area contributed by atoms with Crippen molar-refractivity contribution in [2.45, 2.75) is 57.2 Å². The highest BCUT2D eigenvalue weighted by molar-refractivity contribution is 5.82. The molecule has 1 aliphatic carbocycles. The number of hydrogen-bond donors (Lipinski definition) is 1. The second kappa shape index (κ2) is 7.99. The van der Waals surface area contributed by atoms with Crippen LogP contribution in [0.15, 0.2) is 24.3 Å². The third-order valence-electron chi connectivity index (χ3n) is 5.66. The summed E-state index contributed by atoms with van der Waals surface area (Å²) in [5, 5.41) is 2.99. The van der Waals surface area contributed by atoms with Crippen LogP contribution >= 0.6 is 0 Å². The molecule has 1 saturated carbocycles. The number of carbonyl (C=O) groups excluding carboxylic acids is 1. The minimum Gasteiger partial charge on any atom is -0.356 e. The summed E-state index contributed by atoms with van der Waals surface area (Å²) in [7, 11) is 0. The second-order valence-corrected chi connectivity index (χ2v) is 7.59. The van der Waals surface area contributed by atoms with Gasteiger partial charge < -0.3 is 10.2 Å². The van der Waals surface area contributed by atoms with Crippen molar-refractivity contribution in [3.05, 3.63) is 35.4 Å².